The Morgan fingerprint density at radius 2 is 1.10 bits per heavy atom. The Labute approximate surface area is 187 Å². The van der Waals surface area contributed by atoms with Gasteiger partial charge >= 0.3 is 0 Å². The highest BCUT2D eigenvalue weighted by atomic mass is 32.2. The molecule has 0 aromatic heterocycles. The van der Waals surface area contributed by atoms with Gasteiger partial charge < -0.3 is 14.0 Å². The quantitative estimate of drug-likeness (QED) is 0.133. The van der Waals surface area contributed by atoms with Crippen LogP contribution in [0, 0.1) is 0 Å². The minimum Gasteiger partial charge on any atom is -0.379 e. The van der Waals surface area contributed by atoms with Crippen LogP contribution in [-0.2, 0) is 19.6 Å². The zero-order valence-electron chi connectivity index (χ0n) is 20.1. The second-order valence-electron chi connectivity index (χ2n) is 8.58. The van der Waals surface area contributed by atoms with Gasteiger partial charge in [0.2, 0.25) is 0 Å². The summed E-state index contributed by atoms with van der Waals surface area (Å²) in [4.78, 5) is 0. The Hall–Kier alpha value is -0.210. The molecule has 1 N–H and O–H groups in total. The lowest BCUT2D eigenvalue weighted by Crippen LogP contribution is -2.52. The Balaban J connectivity index is 4.77. The second kappa shape index (κ2) is 19.5. The fourth-order valence-electron chi connectivity index (χ4n) is 3.87. The Morgan fingerprint density at radius 1 is 0.600 bits per heavy atom. The van der Waals surface area contributed by atoms with Crippen molar-refractivity contribution in [3.8, 4) is 0 Å². The average molecular weight is 453 g/mol. The first-order valence-corrected chi connectivity index (χ1v) is 14.0. The molecule has 0 bridgehead atoms. The molecule has 0 aliphatic rings. The average Bonchev–Trinajstić information content (AvgIpc) is 2.70. The molecule has 0 amide bonds. The van der Waals surface area contributed by atoms with Crippen LogP contribution in [-0.4, -0.2) is 75.8 Å². The van der Waals surface area contributed by atoms with Gasteiger partial charge in [-0.3, -0.25) is 4.55 Å². The van der Waals surface area contributed by atoms with Crippen molar-refractivity contribution in [2.45, 2.75) is 91.4 Å². The van der Waals surface area contributed by atoms with E-state index in [4.69, 9.17) is 14.0 Å². The van der Waals surface area contributed by atoms with Gasteiger partial charge in [-0.05, 0) is 44.9 Å². The van der Waals surface area contributed by atoms with Gasteiger partial charge in [0.1, 0.15) is 6.54 Å². The van der Waals surface area contributed by atoms with Crippen molar-refractivity contribution in [2.75, 3.05) is 58.4 Å². The van der Waals surface area contributed by atoms with E-state index in [1.807, 2.05) is 0 Å². The molecule has 30 heavy (non-hydrogen) atoms. The zero-order chi connectivity index (χ0) is 22.6. The van der Waals surface area contributed by atoms with Crippen LogP contribution < -0.4 is 0 Å². The third-order valence-corrected chi connectivity index (χ3v) is 6.49. The fourth-order valence-corrected chi connectivity index (χ4v) is 4.44. The number of ether oxygens (including phenoxy) is 2. The molecule has 0 rings (SSSR count). The number of hydrogen-bond donors (Lipinski definition) is 1. The minimum absolute atomic E-state index is 0.135. The molecule has 0 saturated carbocycles. The molecule has 0 unspecified atom stereocenters. The number of hydrogen-bond acceptors (Lipinski definition) is 4. The lowest BCUT2D eigenvalue weighted by atomic mass is 10.1. The van der Waals surface area contributed by atoms with Gasteiger partial charge in [0, 0.05) is 6.61 Å². The van der Waals surface area contributed by atoms with Crippen LogP contribution in [0.25, 0.3) is 0 Å². The van der Waals surface area contributed by atoms with Gasteiger partial charge in [-0.25, -0.2) is 0 Å². The van der Waals surface area contributed by atoms with E-state index in [2.05, 4.69) is 20.8 Å². The molecule has 0 fully saturated rings. The van der Waals surface area contributed by atoms with E-state index >= 15 is 0 Å². The van der Waals surface area contributed by atoms with Gasteiger partial charge in [-0.2, -0.15) is 8.42 Å². The summed E-state index contributed by atoms with van der Waals surface area (Å²) in [6.07, 6.45) is 12.3. The highest BCUT2D eigenvalue weighted by Crippen LogP contribution is 2.17. The number of unbranched alkanes of at least 4 members (excludes halogenated alkanes) is 7. The van der Waals surface area contributed by atoms with Crippen molar-refractivity contribution in [2.24, 2.45) is 0 Å². The molecule has 0 aromatic carbocycles. The van der Waals surface area contributed by atoms with Crippen LogP contribution in [0.3, 0.4) is 0 Å². The van der Waals surface area contributed by atoms with E-state index < -0.39 is 10.1 Å². The molecule has 0 radical (unpaired) electrons. The number of rotatable bonds is 23. The molecule has 0 aliphatic heterocycles. The van der Waals surface area contributed by atoms with Crippen LogP contribution in [0.1, 0.15) is 91.4 Å². The standard InChI is InChI=1S/C23H49NO5S/c1-4-7-9-11-15-24(16-12-10-8-5-2,17-13-14-23-30(25,26)27)18-20-29-22-21-28-19-6-3/h4-23H2,1-3H3/p+1. The van der Waals surface area contributed by atoms with Crippen molar-refractivity contribution < 1.29 is 26.9 Å². The third-order valence-electron chi connectivity index (χ3n) is 5.69. The van der Waals surface area contributed by atoms with Crippen molar-refractivity contribution in [3.63, 3.8) is 0 Å². The van der Waals surface area contributed by atoms with Gasteiger partial charge in [0.25, 0.3) is 10.1 Å². The number of quaternary nitrogens is 1. The SMILES string of the molecule is CCCCCC[N+](CCCCCC)(CCCCS(=O)(=O)O)CCOCCOCCC. The summed E-state index contributed by atoms with van der Waals surface area (Å²) in [5.74, 6) is -0.135. The molecular weight excluding hydrogens is 402 g/mol. The lowest BCUT2D eigenvalue weighted by Gasteiger charge is -2.39. The summed E-state index contributed by atoms with van der Waals surface area (Å²) in [5, 5.41) is 0. The monoisotopic (exact) mass is 452 g/mol. The first-order chi connectivity index (χ1) is 14.4. The molecule has 0 heterocycles. The van der Waals surface area contributed by atoms with Crippen LogP contribution in [0.2, 0.25) is 0 Å². The van der Waals surface area contributed by atoms with Crippen molar-refractivity contribution in [1.82, 2.24) is 0 Å². The topological polar surface area (TPSA) is 72.8 Å². The van der Waals surface area contributed by atoms with Gasteiger partial charge in [0.15, 0.2) is 0 Å². The molecule has 182 valence electrons. The van der Waals surface area contributed by atoms with Crippen molar-refractivity contribution in [1.29, 1.82) is 0 Å². The highest BCUT2D eigenvalue weighted by molar-refractivity contribution is 7.85. The summed E-state index contributed by atoms with van der Waals surface area (Å²) in [6.45, 7) is 13.5. The Kier molecular flexibility index (Phi) is 19.3. The maximum atomic E-state index is 11.1. The van der Waals surface area contributed by atoms with Crippen molar-refractivity contribution in [3.05, 3.63) is 0 Å². The molecule has 0 saturated heterocycles. The van der Waals surface area contributed by atoms with Crippen LogP contribution >= 0.6 is 0 Å². The molecule has 0 aliphatic carbocycles. The lowest BCUT2D eigenvalue weighted by molar-refractivity contribution is -0.929. The summed E-state index contributed by atoms with van der Waals surface area (Å²) in [7, 11) is -3.87. The predicted molar refractivity (Wildman–Crippen MR) is 126 cm³/mol. The normalized spacial score (nSPS) is 12.5. The van der Waals surface area contributed by atoms with Gasteiger partial charge in [-0.1, -0.05) is 46.5 Å². The van der Waals surface area contributed by atoms with E-state index in [0.717, 1.165) is 56.7 Å². The summed E-state index contributed by atoms with van der Waals surface area (Å²) >= 11 is 0. The third kappa shape index (κ3) is 18.6. The predicted octanol–water partition coefficient (Wildman–Crippen LogP) is 5.08. The summed E-state index contributed by atoms with van der Waals surface area (Å²) in [6, 6.07) is 0. The Morgan fingerprint density at radius 3 is 1.57 bits per heavy atom. The first-order valence-electron chi connectivity index (χ1n) is 12.3. The maximum absolute atomic E-state index is 11.1. The highest BCUT2D eigenvalue weighted by Gasteiger charge is 2.26. The largest absolute Gasteiger partial charge is 0.379 e. The second-order valence-corrected chi connectivity index (χ2v) is 10.1. The van der Waals surface area contributed by atoms with Gasteiger partial charge in [-0.15, -0.1) is 0 Å². The van der Waals surface area contributed by atoms with Crippen molar-refractivity contribution >= 4 is 10.1 Å². The van der Waals surface area contributed by atoms with Gasteiger partial charge in [0.05, 0.1) is 45.2 Å². The van der Waals surface area contributed by atoms with E-state index in [9.17, 15) is 8.42 Å². The smallest absolute Gasteiger partial charge is 0.264 e. The molecule has 7 heteroatoms. The summed E-state index contributed by atoms with van der Waals surface area (Å²) in [5.41, 5.74) is 0. The minimum atomic E-state index is -3.87. The molecule has 6 nitrogen and oxygen atoms in total. The Bertz CT molecular complexity index is 458. The van der Waals surface area contributed by atoms with E-state index in [-0.39, 0.29) is 5.75 Å². The maximum Gasteiger partial charge on any atom is 0.264 e. The molecule has 0 aromatic rings. The van der Waals surface area contributed by atoms with E-state index in [0.29, 0.717) is 19.6 Å². The number of nitrogens with zero attached hydrogens (tertiary/aromatic N) is 1. The first kappa shape index (κ1) is 29.8. The molecular formula is C23H50NO5S+. The van der Waals surface area contributed by atoms with Crippen LogP contribution in [0.4, 0.5) is 0 Å². The summed E-state index contributed by atoms with van der Waals surface area (Å²) < 4.78 is 43.6. The fraction of sp³-hybridized carbons (Fsp3) is 1.00. The van der Waals surface area contributed by atoms with E-state index in [1.165, 1.54) is 51.4 Å². The van der Waals surface area contributed by atoms with Crippen LogP contribution in [0.5, 0.6) is 0 Å². The van der Waals surface area contributed by atoms with E-state index in [1.54, 1.807) is 0 Å². The molecule has 0 atom stereocenters. The zero-order valence-corrected chi connectivity index (χ0v) is 20.9. The molecule has 0 spiro atoms. The van der Waals surface area contributed by atoms with Crippen LogP contribution in [0.15, 0.2) is 0 Å².